The van der Waals surface area contributed by atoms with Gasteiger partial charge in [-0.15, -0.1) is 0 Å². The smallest absolute Gasteiger partial charge is 0.354 e. The number of aromatic nitrogens is 3. The van der Waals surface area contributed by atoms with Gasteiger partial charge in [0, 0.05) is 6.20 Å². The highest BCUT2D eigenvalue weighted by atomic mass is 35.5. The summed E-state index contributed by atoms with van der Waals surface area (Å²) in [5.41, 5.74) is 0.00750. The van der Waals surface area contributed by atoms with E-state index in [1.165, 1.54) is 22.9 Å². The zero-order valence-corrected chi connectivity index (χ0v) is 7.06. The molecule has 0 spiro atoms. The first kappa shape index (κ1) is 8.00. The fourth-order valence-electron chi connectivity index (χ4n) is 1.03. The predicted octanol–water partition coefficient (Wildman–Crippen LogP) is 1.08. The standard InChI is InChI=1S/C7H4ClN3O2/c8-5-1-2-9-7-10-3-4(6(12)13)11(5)7/h1-3H,(H,12,13). The Labute approximate surface area is 77.6 Å². The summed E-state index contributed by atoms with van der Waals surface area (Å²) in [6, 6.07) is 1.50. The zero-order valence-electron chi connectivity index (χ0n) is 6.31. The molecule has 13 heavy (non-hydrogen) atoms. The second-order valence-electron chi connectivity index (χ2n) is 2.35. The summed E-state index contributed by atoms with van der Waals surface area (Å²) in [6.07, 6.45) is 2.69. The van der Waals surface area contributed by atoms with Crippen molar-refractivity contribution in [1.82, 2.24) is 14.4 Å². The Morgan fingerprint density at radius 3 is 3.00 bits per heavy atom. The van der Waals surface area contributed by atoms with Gasteiger partial charge in [0.2, 0.25) is 5.78 Å². The van der Waals surface area contributed by atoms with Gasteiger partial charge in [-0.2, -0.15) is 0 Å². The van der Waals surface area contributed by atoms with E-state index in [-0.39, 0.29) is 16.6 Å². The minimum absolute atomic E-state index is 0.00750. The average molecular weight is 198 g/mol. The lowest BCUT2D eigenvalue weighted by Gasteiger charge is -1.97. The van der Waals surface area contributed by atoms with Crippen molar-refractivity contribution in [2.75, 3.05) is 0 Å². The van der Waals surface area contributed by atoms with Gasteiger partial charge in [0.1, 0.15) is 5.15 Å². The van der Waals surface area contributed by atoms with E-state index in [2.05, 4.69) is 9.97 Å². The number of carbonyl (C=O) groups is 1. The number of hydrogen-bond donors (Lipinski definition) is 1. The highest BCUT2D eigenvalue weighted by molar-refractivity contribution is 6.29. The molecular formula is C7H4ClN3O2. The van der Waals surface area contributed by atoms with Crippen LogP contribution in [0.25, 0.3) is 5.78 Å². The largest absolute Gasteiger partial charge is 0.477 e. The van der Waals surface area contributed by atoms with Crippen molar-refractivity contribution in [2.45, 2.75) is 0 Å². The topological polar surface area (TPSA) is 67.5 Å². The molecule has 0 aliphatic carbocycles. The molecule has 0 aliphatic rings. The molecule has 0 radical (unpaired) electrons. The van der Waals surface area contributed by atoms with Crippen molar-refractivity contribution in [3.05, 3.63) is 29.3 Å². The summed E-state index contributed by atoms with van der Waals surface area (Å²) in [4.78, 5) is 18.3. The van der Waals surface area contributed by atoms with Crippen LogP contribution in [0.15, 0.2) is 18.5 Å². The second-order valence-corrected chi connectivity index (χ2v) is 2.74. The van der Waals surface area contributed by atoms with Crippen molar-refractivity contribution in [1.29, 1.82) is 0 Å². The van der Waals surface area contributed by atoms with Crippen molar-refractivity contribution in [2.24, 2.45) is 0 Å². The van der Waals surface area contributed by atoms with Crippen LogP contribution in [-0.4, -0.2) is 25.4 Å². The third-order valence-corrected chi connectivity index (χ3v) is 1.87. The minimum atomic E-state index is -1.08. The number of carboxylic acid groups (broad SMARTS) is 1. The van der Waals surface area contributed by atoms with Crippen LogP contribution in [0.5, 0.6) is 0 Å². The summed E-state index contributed by atoms with van der Waals surface area (Å²) < 4.78 is 1.27. The molecule has 6 heteroatoms. The van der Waals surface area contributed by atoms with Gasteiger partial charge in [0.25, 0.3) is 0 Å². The Hall–Kier alpha value is -1.62. The molecule has 2 aromatic heterocycles. The zero-order chi connectivity index (χ0) is 9.42. The quantitative estimate of drug-likeness (QED) is 0.695. The van der Waals surface area contributed by atoms with Gasteiger partial charge in [-0.3, -0.25) is 4.40 Å². The Bertz CT molecular complexity index is 480. The van der Waals surface area contributed by atoms with Gasteiger partial charge in [-0.05, 0) is 6.07 Å². The van der Waals surface area contributed by atoms with E-state index < -0.39 is 5.97 Å². The molecule has 0 bridgehead atoms. The van der Waals surface area contributed by atoms with Gasteiger partial charge in [0.15, 0.2) is 5.69 Å². The van der Waals surface area contributed by atoms with Crippen LogP contribution < -0.4 is 0 Å². The molecule has 2 heterocycles. The molecule has 0 fully saturated rings. The predicted molar refractivity (Wildman–Crippen MR) is 45.0 cm³/mol. The van der Waals surface area contributed by atoms with E-state index in [4.69, 9.17) is 16.7 Å². The first-order valence-electron chi connectivity index (χ1n) is 3.41. The van der Waals surface area contributed by atoms with Crippen molar-refractivity contribution in [3.8, 4) is 0 Å². The number of aromatic carboxylic acids is 1. The normalized spacial score (nSPS) is 10.5. The number of imidazole rings is 1. The third-order valence-electron chi connectivity index (χ3n) is 1.58. The van der Waals surface area contributed by atoms with Crippen LogP contribution in [0, 0.1) is 0 Å². The van der Waals surface area contributed by atoms with Crippen molar-refractivity contribution < 1.29 is 9.90 Å². The maximum Gasteiger partial charge on any atom is 0.354 e. The van der Waals surface area contributed by atoms with Gasteiger partial charge >= 0.3 is 5.97 Å². The minimum Gasteiger partial charge on any atom is -0.477 e. The number of fused-ring (bicyclic) bond motifs is 1. The average Bonchev–Trinajstić information content (AvgIpc) is 2.49. The lowest BCUT2D eigenvalue weighted by atomic mass is 10.5. The summed E-state index contributed by atoms with van der Waals surface area (Å²) in [5.74, 6) is -0.799. The number of halogens is 1. The molecule has 0 amide bonds. The first-order valence-corrected chi connectivity index (χ1v) is 3.79. The van der Waals surface area contributed by atoms with Gasteiger partial charge < -0.3 is 5.11 Å². The maximum absolute atomic E-state index is 10.7. The molecule has 0 unspecified atom stereocenters. The molecule has 0 saturated carbocycles. The fraction of sp³-hybridized carbons (Fsp3) is 0. The number of carboxylic acids is 1. The molecule has 5 nitrogen and oxygen atoms in total. The van der Waals surface area contributed by atoms with Crippen molar-refractivity contribution >= 4 is 23.3 Å². The van der Waals surface area contributed by atoms with E-state index in [1.54, 1.807) is 0 Å². The molecule has 2 aromatic rings. The molecular weight excluding hydrogens is 194 g/mol. The fourth-order valence-corrected chi connectivity index (χ4v) is 1.26. The number of rotatable bonds is 1. The van der Waals surface area contributed by atoms with Crippen LogP contribution in [-0.2, 0) is 0 Å². The van der Waals surface area contributed by atoms with E-state index in [0.29, 0.717) is 0 Å². The highest BCUT2D eigenvalue weighted by Gasteiger charge is 2.12. The van der Waals surface area contributed by atoms with E-state index in [0.717, 1.165) is 0 Å². The summed E-state index contributed by atoms with van der Waals surface area (Å²) in [7, 11) is 0. The van der Waals surface area contributed by atoms with Gasteiger partial charge in [0.05, 0.1) is 6.20 Å². The lowest BCUT2D eigenvalue weighted by Crippen LogP contribution is -2.02. The van der Waals surface area contributed by atoms with E-state index in [1.807, 2.05) is 0 Å². The number of hydrogen-bond acceptors (Lipinski definition) is 3. The monoisotopic (exact) mass is 197 g/mol. The molecule has 66 valence electrons. The first-order chi connectivity index (χ1) is 6.20. The highest BCUT2D eigenvalue weighted by Crippen LogP contribution is 2.12. The maximum atomic E-state index is 10.7. The summed E-state index contributed by atoms with van der Waals surface area (Å²) in [5, 5.41) is 9.03. The van der Waals surface area contributed by atoms with Crippen LogP contribution in [0.1, 0.15) is 10.5 Å². The van der Waals surface area contributed by atoms with Crippen LogP contribution in [0.3, 0.4) is 0 Å². The van der Waals surface area contributed by atoms with Crippen LogP contribution in [0.4, 0.5) is 0 Å². The summed E-state index contributed by atoms with van der Waals surface area (Å²) in [6.45, 7) is 0. The second kappa shape index (κ2) is 2.70. The molecule has 0 saturated heterocycles. The Balaban J connectivity index is 2.86. The Morgan fingerprint density at radius 1 is 1.54 bits per heavy atom. The molecule has 0 atom stereocenters. The van der Waals surface area contributed by atoms with Gasteiger partial charge in [-0.1, -0.05) is 11.6 Å². The molecule has 0 aliphatic heterocycles. The van der Waals surface area contributed by atoms with Gasteiger partial charge in [-0.25, -0.2) is 14.8 Å². The van der Waals surface area contributed by atoms with E-state index in [9.17, 15) is 4.79 Å². The molecule has 0 aromatic carbocycles. The Kier molecular flexibility index (Phi) is 1.66. The SMILES string of the molecule is O=C(O)c1cnc2nccc(Cl)n12. The van der Waals surface area contributed by atoms with E-state index >= 15 is 0 Å². The number of nitrogens with zero attached hydrogens (tertiary/aromatic N) is 3. The molecule has 1 N–H and O–H groups in total. The van der Waals surface area contributed by atoms with Crippen molar-refractivity contribution in [3.63, 3.8) is 0 Å². The third kappa shape index (κ3) is 1.13. The van der Waals surface area contributed by atoms with Crippen LogP contribution in [0.2, 0.25) is 5.15 Å². The molecule has 2 rings (SSSR count). The lowest BCUT2D eigenvalue weighted by molar-refractivity contribution is 0.0689. The van der Waals surface area contributed by atoms with Crippen LogP contribution >= 0.6 is 11.6 Å². The summed E-state index contributed by atoms with van der Waals surface area (Å²) >= 11 is 5.77. The Morgan fingerprint density at radius 2 is 2.31 bits per heavy atom.